The number of rotatable bonds is 4. The average molecular weight is 260 g/mol. The minimum absolute atomic E-state index is 0.136. The summed E-state index contributed by atoms with van der Waals surface area (Å²) < 4.78 is 11.4. The van der Waals surface area contributed by atoms with Gasteiger partial charge in [0.25, 0.3) is 0 Å². The third kappa shape index (κ3) is 4.27. The molecule has 3 heteroatoms. The molecule has 1 atom stereocenters. The van der Waals surface area contributed by atoms with Crippen molar-refractivity contribution in [2.75, 3.05) is 19.8 Å². The maximum Gasteiger partial charge on any atom is 0.134 e. The molecular formula is C16H20O3. The van der Waals surface area contributed by atoms with Gasteiger partial charge in [0.05, 0.1) is 18.3 Å². The van der Waals surface area contributed by atoms with Gasteiger partial charge in [-0.25, -0.2) is 0 Å². The SMILES string of the molecule is Cc1ccc(OCCC2CCCO2)c(C#CCO)c1. The van der Waals surface area contributed by atoms with Crippen molar-refractivity contribution in [3.8, 4) is 17.6 Å². The van der Waals surface area contributed by atoms with Crippen LogP contribution in [0.25, 0.3) is 0 Å². The molecule has 0 spiro atoms. The zero-order valence-electron chi connectivity index (χ0n) is 11.3. The lowest BCUT2D eigenvalue weighted by atomic mass is 10.1. The van der Waals surface area contributed by atoms with Gasteiger partial charge in [0, 0.05) is 13.0 Å². The lowest BCUT2D eigenvalue weighted by Crippen LogP contribution is -2.11. The number of aliphatic hydroxyl groups excluding tert-OH is 1. The summed E-state index contributed by atoms with van der Waals surface area (Å²) in [7, 11) is 0. The van der Waals surface area contributed by atoms with E-state index in [1.165, 1.54) is 0 Å². The fraction of sp³-hybridized carbons (Fsp3) is 0.500. The van der Waals surface area contributed by atoms with E-state index < -0.39 is 0 Å². The van der Waals surface area contributed by atoms with Gasteiger partial charge in [-0.05, 0) is 37.5 Å². The van der Waals surface area contributed by atoms with E-state index in [4.69, 9.17) is 14.6 Å². The Bertz CT molecular complexity index is 465. The molecule has 19 heavy (non-hydrogen) atoms. The molecule has 1 heterocycles. The Labute approximate surface area is 114 Å². The predicted molar refractivity (Wildman–Crippen MR) is 74.2 cm³/mol. The molecule has 0 bridgehead atoms. The second-order valence-electron chi connectivity index (χ2n) is 4.73. The molecule has 3 nitrogen and oxygen atoms in total. The molecule has 102 valence electrons. The van der Waals surface area contributed by atoms with Crippen molar-refractivity contribution in [3.63, 3.8) is 0 Å². The monoisotopic (exact) mass is 260 g/mol. The number of hydrogen-bond donors (Lipinski definition) is 1. The molecule has 0 saturated carbocycles. The van der Waals surface area contributed by atoms with Gasteiger partial charge in [-0.2, -0.15) is 0 Å². The number of hydrogen-bond acceptors (Lipinski definition) is 3. The minimum Gasteiger partial charge on any atom is -0.492 e. The van der Waals surface area contributed by atoms with E-state index in [0.717, 1.165) is 42.7 Å². The third-order valence-corrected chi connectivity index (χ3v) is 3.16. The highest BCUT2D eigenvalue weighted by molar-refractivity contribution is 5.48. The van der Waals surface area contributed by atoms with E-state index in [1.54, 1.807) is 0 Å². The van der Waals surface area contributed by atoms with Crippen LogP contribution in [-0.4, -0.2) is 31.0 Å². The molecule has 1 aromatic rings. The molecule has 0 aromatic heterocycles. The van der Waals surface area contributed by atoms with Crippen LogP contribution >= 0.6 is 0 Å². The molecule has 2 rings (SSSR count). The average Bonchev–Trinajstić information content (AvgIpc) is 2.91. The number of aryl methyl sites for hydroxylation is 1. The summed E-state index contributed by atoms with van der Waals surface area (Å²) in [6.45, 7) is 3.40. The maximum absolute atomic E-state index is 8.78. The van der Waals surface area contributed by atoms with Gasteiger partial charge in [-0.3, -0.25) is 0 Å². The standard InChI is InChI=1S/C16H20O3/c1-13-6-7-16(14(12-13)4-2-9-17)19-11-8-15-5-3-10-18-15/h6-7,12,15,17H,3,5,8-11H2,1H3. The van der Waals surface area contributed by atoms with E-state index in [0.29, 0.717) is 12.7 Å². The fourth-order valence-corrected chi connectivity index (χ4v) is 2.17. The van der Waals surface area contributed by atoms with Crippen molar-refractivity contribution in [2.24, 2.45) is 0 Å². The van der Waals surface area contributed by atoms with Crippen molar-refractivity contribution in [2.45, 2.75) is 32.3 Å². The Kier molecular flexibility index (Phi) is 5.26. The van der Waals surface area contributed by atoms with Crippen molar-refractivity contribution in [3.05, 3.63) is 29.3 Å². The van der Waals surface area contributed by atoms with Gasteiger partial charge in [0.15, 0.2) is 0 Å². The Morgan fingerprint density at radius 1 is 1.47 bits per heavy atom. The highest BCUT2D eigenvalue weighted by Crippen LogP contribution is 2.21. The summed E-state index contributed by atoms with van der Waals surface area (Å²) in [4.78, 5) is 0. The van der Waals surface area contributed by atoms with E-state index >= 15 is 0 Å². The zero-order valence-corrected chi connectivity index (χ0v) is 11.3. The second kappa shape index (κ2) is 7.18. The topological polar surface area (TPSA) is 38.7 Å². The summed E-state index contributed by atoms with van der Waals surface area (Å²) in [5.41, 5.74) is 1.97. The summed E-state index contributed by atoms with van der Waals surface area (Å²) >= 11 is 0. The van der Waals surface area contributed by atoms with E-state index in [1.807, 2.05) is 25.1 Å². The summed E-state index contributed by atoms with van der Waals surface area (Å²) in [5.74, 6) is 6.37. The maximum atomic E-state index is 8.78. The van der Waals surface area contributed by atoms with Gasteiger partial charge in [-0.15, -0.1) is 0 Å². The van der Waals surface area contributed by atoms with Crippen LogP contribution in [0.15, 0.2) is 18.2 Å². The Balaban J connectivity index is 1.94. The molecule has 0 aliphatic carbocycles. The molecule has 1 fully saturated rings. The summed E-state index contributed by atoms with van der Waals surface area (Å²) in [5, 5.41) is 8.78. The first-order valence-electron chi connectivity index (χ1n) is 6.74. The van der Waals surface area contributed by atoms with Crippen LogP contribution in [0.2, 0.25) is 0 Å². The highest BCUT2D eigenvalue weighted by Gasteiger charge is 2.15. The molecule has 1 N–H and O–H groups in total. The number of aliphatic hydroxyl groups is 1. The van der Waals surface area contributed by atoms with Crippen LogP contribution in [0.5, 0.6) is 5.75 Å². The first kappa shape index (κ1) is 13.9. The van der Waals surface area contributed by atoms with Crippen LogP contribution in [0.1, 0.15) is 30.4 Å². The largest absolute Gasteiger partial charge is 0.492 e. The molecule has 1 saturated heterocycles. The van der Waals surface area contributed by atoms with Gasteiger partial charge in [0.1, 0.15) is 12.4 Å². The van der Waals surface area contributed by atoms with Crippen molar-refractivity contribution >= 4 is 0 Å². The molecule has 1 aliphatic rings. The first-order valence-corrected chi connectivity index (χ1v) is 6.74. The Morgan fingerprint density at radius 2 is 2.37 bits per heavy atom. The summed E-state index contributed by atoms with van der Waals surface area (Å²) in [6.07, 6.45) is 3.55. The quantitative estimate of drug-likeness (QED) is 0.844. The lowest BCUT2D eigenvalue weighted by Gasteiger charge is -2.12. The van der Waals surface area contributed by atoms with Crippen LogP contribution < -0.4 is 4.74 Å². The number of benzene rings is 1. The van der Waals surface area contributed by atoms with Gasteiger partial charge in [-0.1, -0.05) is 17.9 Å². The molecule has 1 aromatic carbocycles. The molecule has 1 unspecified atom stereocenters. The molecule has 0 radical (unpaired) electrons. The van der Waals surface area contributed by atoms with Crippen molar-refractivity contribution in [1.29, 1.82) is 0 Å². The highest BCUT2D eigenvalue weighted by atomic mass is 16.5. The normalized spacial score (nSPS) is 17.9. The molecule has 0 amide bonds. The van der Waals surface area contributed by atoms with Gasteiger partial charge < -0.3 is 14.6 Å². The van der Waals surface area contributed by atoms with E-state index in [9.17, 15) is 0 Å². The minimum atomic E-state index is -0.136. The van der Waals surface area contributed by atoms with Crippen LogP contribution in [0, 0.1) is 18.8 Å². The van der Waals surface area contributed by atoms with E-state index in [2.05, 4.69) is 11.8 Å². The van der Waals surface area contributed by atoms with Crippen molar-refractivity contribution in [1.82, 2.24) is 0 Å². The molecule has 1 aliphatic heterocycles. The Morgan fingerprint density at radius 3 is 3.11 bits per heavy atom. The van der Waals surface area contributed by atoms with Gasteiger partial charge >= 0.3 is 0 Å². The predicted octanol–water partition coefficient (Wildman–Crippen LogP) is 2.29. The van der Waals surface area contributed by atoms with Crippen LogP contribution in [0.4, 0.5) is 0 Å². The Hall–Kier alpha value is -1.50. The fourth-order valence-electron chi connectivity index (χ4n) is 2.17. The van der Waals surface area contributed by atoms with Crippen molar-refractivity contribution < 1.29 is 14.6 Å². The zero-order chi connectivity index (χ0) is 13.5. The van der Waals surface area contributed by atoms with E-state index in [-0.39, 0.29) is 6.61 Å². The van der Waals surface area contributed by atoms with Gasteiger partial charge in [0.2, 0.25) is 0 Å². The van der Waals surface area contributed by atoms with Crippen LogP contribution in [0.3, 0.4) is 0 Å². The second-order valence-corrected chi connectivity index (χ2v) is 4.73. The first-order chi connectivity index (χ1) is 9.29. The van der Waals surface area contributed by atoms with Crippen LogP contribution in [-0.2, 0) is 4.74 Å². The smallest absolute Gasteiger partial charge is 0.134 e. The lowest BCUT2D eigenvalue weighted by molar-refractivity contribution is 0.0903. The third-order valence-electron chi connectivity index (χ3n) is 3.16. The number of ether oxygens (including phenoxy) is 2. The molecular weight excluding hydrogens is 240 g/mol. The summed E-state index contributed by atoms with van der Waals surface area (Å²) in [6, 6.07) is 5.92.